The molecule has 2 heteroatoms. The van der Waals surface area contributed by atoms with Crippen LogP contribution in [0.15, 0.2) is 11.8 Å². The second kappa shape index (κ2) is 4.38. The van der Waals surface area contributed by atoms with Crippen LogP contribution in [0, 0.1) is 5.92 Å². The molecule has 0 spiro atoms. The minimum Gasteiger partial charge on any atom is -0.375 e. The van der Waals surface area contributed by atoms with Crippen LogP contribution in [0.1, 0.15) is 45.4 Å². The first-order chi connectivity index (χ1) is 7.16. The lowest BCUT2D eigenvalue weighted by Crippen LogP contribution is -2.34. The van der Waals surface area contributed by atoms with Gasteiger partial charge in [0.1, 0.15) is 0 Å². The zero-order chi connectivity index (χ0) is 10.8. The lowest BCUT2D eigenvalue weighted by molar-refractivity contribution is -0.114. The van der Waals surface area contributed by atoms with Gasteiger partial charge in [-0.2, -0.15) is 0 Å². The van der Waals surface area contributed by atoms with Crippen molar-refractivity contribution >= 4 is 5.78 Å². The second-order valence-corrected chi connectivity index (χ2v) is 5.14. The zero-order valence-electron chi connectivity index (χ0n) is 9.83. The van der Waals surface area contributed by atoms with E-state index in [9.17, 15) is 4.79 Å². The number of allylic oxidation sites excluding steroid dienone is 2. The monoisotopic (exact) mass is 207 g/mol. The van der Waals surface area contributed by atoms with E-state index in [1.807, 2.05) is 6.08 Å². The molecule has 0 saturated heterocycles. The fourth-order valence-corrected chi connectivity index (χ4v) is 2.85. The molecule has 0 aromatic carbocycles. The lowest BCUT2D eigenvalue weighted by Gasteiger charge is -2.36. The van der Waals surface area contributed by atoms with Crippen LogP contribution in [0.3, 0.4) is 0 Å². The normalized spacial score (nSPS) is 31.6. The largest absolute Gasteiger partial charge is 0.375 e. The quantitative estimate of drug-likeness (QED) is 0.694. The van der Waals surface area contributed by atoms with Crippen LogP contribution in [0.25, 0.3) is 0 Å². The van der Waals surface area contributed by atoms with Crippen molar-refractivity contribution in [1.29, 1.82) is 0 Å². The number of carbonyl (C=O) groups is 1. The molecule has 0 aromatic rings. The summed E-state index contributed by atoms with van der Waals surface area (Å²) in [6.45, 7) is 2.34. The summed E-state index contributed by atoms with van der Waals surface area (Å²) < 4.78 is 0. The number of nitrogens with zero attached hydrogens (tertiary/aromatic N) is 1. The molecule has 0 bridgehead atoms. The van der Waals surface area contributed by atoms with Crippen molar-refractivity contribution in [2.24, 2.45) is 5.92 Å². The summed E-state index contributed by atoms with van der Waals surface area (Å²) in [5, 5.41) is 0. The molecule has 0 aliphatic heterocycles. The summed E-state index contributed by atoms with van der Waals surface area (Å²) in [7, 11) is 2.16. The third-order valence-corrected chi connectivity index (χ3v) is 3.86. The highest BCUT2D eigenvalue weighted by molar-refractivity contribution is 5.92. The van der Waals surface area contributed by atoms with E-state index in [1.54, 1.807) is 0 Å². The summed E-state index contributed by atoms with van der Waals surface area (Å²) in [6, 6.07) is 0.672. The Morgan fingerprint density at radius 3 is 2.73 bits per heavy atom. The minimum atomic E-state index is 0.306. The van der Waals surface area contributed by atoms with Gasteiger partial charge < -0.3 is 4.90 Å². The van der Waals surface area contributed by atoms with E-state index in [1.165, 1.54) is 31.4 Å². The average molecular weight is 207 g/mol. The molecule has 0 aromatic heterocycles. The lowest BCUT2D eigenvalue weighted by atomic mass is 9.86. The molecule has 0 N–H and O–H groups in total. The number of ketones is 1. The standard InChI is InChI=1S/C13H21NO/c1-10-4-3-5-11(8-10)14(2)12-6-7-13(15)9-12/h9-11H,3-8H2,1-2H3. The second-order valence-electron chi connectivity index (χ2n) is 5.14. The smallest absolute Gasteiger partial charge is 0.157 e. The molecule has 15 heavy (non-hydrogen) atoms. The molecule has 2 unspecified atom stereocenters. The Balaban J connectivity index is 1.98. The minimum absolute atomic E-state index is 0.306. The van der Waals surface area contributed by atoms with Gasteiger partial charge in [0.05, 0.1) is 0 Å². The molecule has 1 fully saturated rings. The fourth-order valence-electron chi connectivity index (χ4n) is 2.85. The first-order valence-electron chi connectivity index (χ1n) is 6.13. The van der Waals surface area contributed by atoms with Crippen molar-refractivity contribution in [3.05, 3.63) is 11.8 Å². The molecular weight excluding hydrogens is 186 g/mol. The average Bonchev–Trinajstić information content (AvgIpc) is 2.64. The van der Waals surface area contributed by atoms with Gasteiger partial charge in [-0.15, -0.1) is 0 Å². The van der Waals surface area contributed by atoms with Crippen LogP contribution < -0.4 is 0 Å². The maximum Gasteiger partial charge on any atom is 0.157 e. The summed E-state index contributed by atoms with van der Waals surface area (Å²) in [5.74, 6) is 1.16. The van der Waals surface area contributed by atoms with Gasteiger partial charge in [0.25, 0.3) is 0 Å². The fraction of sp³-hybridized carbons (Fsp3) is 0.769. The van der Waals surface area contributed by atoms with Crippen molar-refractivity contribution in [3.63, 3.8) is 0 Å². The van der Waals surface area contributed by atoms with Gasteiger partial charge in [0.2, 0.25) is 0 Å². The topological polar surface area (TPSA) is 20.3 Å². The maximum atomic E-state index is 11.2. The van der Waals surface area contributed by atoms with Gasteiger partial charge in [-0.25, -0.2) is 0 Å². The maximum absolute atomic E-state index is 11.2. The Morgan fingerprint density at radius 1 is 1.33 bits per heavy atom. The van der Waals surface area contributed by atoms with Crippen LogP contribution in [-0.2, 0) is 4.79 Å². The first-order valence-corrected chi connectivity index (χ1v) is 6.13. The van der Waals surface area contributed by atoms with Gasteiger partial charge >= 0.3 is 0 Å². The Kier molecular flexibility index (Phi) is 3.13. The predicted molar refractivity (Wildman–Crippen MR) is 61.5 cm³/mol. The highest BCUT2D eigenvalue weighted by Crippen LogP contribution is 2.30. The van der Waals surface area contributed by atoms with Gasteiger partial charge in [-0.05, 0) is 25.2 Å². The van der Waals surface area contributed by atoms with E-state index in [0.29, 0.717) is 11.8 Å². The molecule has 2 rings (SSSR count). The number of rotatable bonds is 2. The first kappa shape index (κ1) is 10.7. The van der Waals surface area contributed by atoms with Gasteiger partial charge in [0.15, 0.2) is 5.78 Å². The SMILES string of the molecule is CC1CCCC(N(C)C2=CC(=O)CC2)C1. The van der Waals surface area contributed by atoms with E-state index in [2.05, 4.69) is 18.9 Å². The van der Waals surface area contributed by atoms with Gasteiger partial charge in [0, 0.05) is 31.3 Å². The molecule has 84 valence electrons. The zero-order valence-corrected chi connectivity index (χ0v) is 9.83. The summed E-state index contributed by atoms with van der Waals surface area (Å²) in [6.07, 6.45) is 8.84. The Bertz CT molecular complexity index is 282. The van der Waals surface area contributed by atoms with Crippen LogP contribution in [-0.4, -0.2) is 23.8 Å². The van der Waals surface area contributed by atoms with Crippen molar-refractivity contribution < 1.29 is 4.79 Å². The van der Waals surface area contributed by atoms with Crippen molar-refractivity contribution in [2.75, 3.05) is 7.05 Å². The van der Waals surface area contributed by atoms with Crippen molar-refractivity contribution in [1.82, 2.24) is 4.90 Å². The number of carbonyl (C=O) groups excluding carboxylic acids is 1. The molecule has 0 radical (unpaired) electrons. The van der Waals surface area contributed by atoms with Crippen LogP contribution in [0.2, 0.25) is 0 Å². The van der Waals surface area contributed by atoms with Gasteiger partial charge in [-0.1, -0.05) is 19.8 Å². The molecule has 0 amide bonds. The van der Waals surface area contributed by atoms with Crippen molar-refractivity contribution in [2.45, 2.75) is 51.5 Å². The summed E-state index contributed by atoms with van der Waals surface area (Å²) >= 11 is 0. The third-order valence-electron chi connectivity index (χ3n) is 3.86. The number of hydrogen-bond acceptors (Lipinski definition) is 2. The number of hydrogen-bond donors (Lipinski definition) is 0. The van der Waals surface area contributed by atoms with E-state index in [4.69, 9.17) is 0 Å². The molecule has 1 saturated carbocycles. The summed E-state index contributed by atoms with van der Waals surface area (Å²) in [4.78, 5) is 13.6. The highest BCUT2D eigenvalue weighted by Gasteiger charge is 2.25. The molecule has 2 aliphatic rings. The van der Waals surface area contributed by atoms with Crippen LogP contribution >= 0.6 is 0 Å². The Morgan fingerprint density at radius 2 is 2.13 bits per heavy atom. The van der Waals surface area contributed by atoms with Crippen LogP contribution in [0.5, 0.6) is 0 Å². The van der Waals surface area contributed by atoms with Gasteiger partial charge in [-0.3, -0.25) is 4.79 Å². The Hall–Kier alpha value is -0.790. The van der Waals surface area contributed by atoms with E-state index in [0.717, 1.165) is 18.8 Å². The van der Waals surface area contributed by atoms with E-state index in [-0.39, 0.29) is 0 Å². The Labute approximate surface area is 92.3 Å². The summed E-state index contributed by atoms with van der Waals surface area (Å²) in [5.41, 5.74) is 1.26. The third kappa shape index (κ3) is 2.42. The molecule has 2 nitrogen and oxygen atoms in total. The van der Waals surface area contributed by atoms with E-state index < -0.39 is 0 Å². The highest BCUT2D eigenvalue weighted by atomic mass is 16.1. The molecule has 2 aliphatic carbocycles. The molecule has 0 heterocycles. The van der Waals surface area contributed by atoms with Crippen LogP contribution in [0.4, 0.5) is 0 Å². The molecule has 2 atom stereocenters. The van der Waals surface area contributed by atoms with E-state index >= 15 is 0 Å². The molecular formula is C13H21NO. The predicted octanol–water partition coefficient (Wildman–Crippen LogP) is 2.74. The van der Waals surface area contributed by atoms with Crippen molar-refractivity contribution in [3.8, 4) is 0 Å².